The van der Waals surface area contributed by atoms with Gasteiger partial charge in [-0.1, -0.05) is 12.8 Å². The van der Waals surface area contributed by atoms with Crippen molar-refractivity contribution in [1.82, 2.24) is 10.2 Å². The number of fused-ring (bicyclic) bond motifs is 2. The van der Waals surface area contributed by atoms with Crippen molar-refractivity contribution in [2.45, 2.75) is 69.4 Å². The van der Waals surface area contributed by atoms with Gasteiger partial charge in [-0.05, 0) is 43.9 Å². The molecule has 0 spiro atoms. The van der Waals surface area contributed by atoms with E-state index in [1.165, 1.54) is 0 Å². The molecule has 2 N–H and O–H groups in total. The molecule has 1 saturated heterocycles. The largest absolute Gasteiger partial charge is 0.490 e. The van der Waals surface area contributed by atoms with Crippen LogP contribution in [0.2, 0.25) is 0 Å². The lowest BCUT2D eigenvalue weighted by Gasteiger charge is -2.42. The Balaban J connectivity index is 1.41. The first kappa shape index (κ1) is 25.3. The second-order valence-corrected chi connectivity index (χ2v) is 9.45. The molecule has 2 heterocycles. The summed E-state index contributed by atoms with van der Waals surface area (Å²) in [6.45, 7) is -1.27. The number of hydrogen-bond acceptors (Lipinski definition) is 5. The molecular formula is C24H30F3N3O5. The molecule has 35 heavy (non-hydrogen) atoms. The van der Waals surface area contributed by atoms with E-state index in [1.807, 2.05) is 5.32 Å². The van der Waals surface area contributed by atoms with Crippen LogP contribution in [0.5, 0.6) is 5.75 Å². The molecule has 0 aromatic heterocycles. The molecule has 3 aliphatic rings. The van der Waals surface area contributed by atoms with Crippen molar-refractivity contribution in [2.75, 3.05) is 25.5 Å². The first-order valence-corrected chi connectivity index (χ1v) is 11.9. The molecule has 0 bridgehead atoms. The standard InChI is InChI=1S/C24H30F3N3O5/c1-30-18-8-7-16(11-21(31)28-13-24(25,26)27)35-20(18)12-34-19-9-6-15(10-17(19)23(30)33)29-22(32)14-4-2-3-5-14/h6,9-10,14,16,18,20H,2-5,7-8,11-13H2,1H3,(H,28,31)(H,29,32)/t16-,18+,20+/m1/s1. The first-order chi connectivity index (χ1) is 16.6. The van der Waals surface area contributed by atoms with Gasteiger partial charge in [-0.25, -0.2) is 0 Å². The number of amides is 3. The van der Waals surface area contributed by atoms with E-state index in [4.69, 9.17) is 9.47 Å². The summed E-state index contributed by atoms with van der Waals surface area (Å²) >= 11 is 0. The number of nitrogens with zero attached hydrogens (tertiary/aromatic N) is 1. The maximum Gasteiger partial charge on any atom is 0.405 e. The SMILES string of the molecule is CN1C(=O)c2cc(NC(=O)C3CCCC3)ccc2OC[C@@H]2O[C@@H](CC(=O)NCC(F)(F)F)CC[C@@H]21. The molecular weight excluding hydrogens is 467 g/mol. The topological polar surface area (TPSA) is 97.0 Å². The van der Waals surface area contributed by atoms with Gasteiger partial charge in [0.05, 0.1) is 24.1 Å². The van der Waals surface area contributed by atoms with E-state index >= 15 is 0 Å². The number of ether oxygens (including phenoxy) is 2. The summed E-state index contributed by atoms with van der Waals surface area (Å²) in [6.07, 6.45) is -1.01. The van der Waals surface area contributed by atoms with E-state index in [1.54, 1.807) is 30.1 Å². The molecule has 1 saturated carbocycles. The molecule has 2 fully saturated rings. The van der Waals surface area contributed by atoms with Crippen molar-refractivity contribution in [3.05, 3.63) is 23.8 Å². The Morgan fingerprint density at radius 2 is 1.89 bits per heavy atom. The zero-order valence-corrected chi connectivity index (χ0v) is 19.5. The van der Waals surface area contributed by atoms with Crippen LogP contribution in [0.4, 0.5) is 18.9 Å². The van der Waals surface area contributed by atoms with Gasteiger partial charge in [0.1, 0.15) is 25.0 Å². The summed E-state index contributed by atoms with van der Waals surface area (Å²) in [6, 6.07) is 4.63. The van der Waals surface area contributed by atoms with Crippen LogP contribution in [0.3, 0.4) is 0 Å². The molecule has 192 valence electrons. The fourth-order valence-electron chi connectivity index (χ4n) is 5.02. The number of benzene rings is 1. The third-order valence-corrected chi connectivity index (χ3v) is 6.90. The van der Waals surface area contributed by atoms with Gasteiger partial charge >= 0.3 is 6.18 Å². The van der Waals surface area contributed by atoms with Crippen molar-refractivity contribution in [3.8, 4) is 5.75 Å². The van der Waals surface area contributed by atoms with Crippen molar-refractivity contribution < 1.29 is 37.0 Å². The van der Waals surface area contributed by atoms with Crippen LogP contribution < -0.4 is 15.4 Å². The van der Waals surface area contributed by atoms with Gasteiger partial charge in [0.15, 0.2) is 0 Å². The van der Waals surface area contributed by atoms with E-state index in [0.29, 0.717) is 29.8 Å². The van der Waals surface area contributed by atoms with Crippen molar-refractivity contribution >= 4 is 23.4 Å². The average Bonchev–Trinajstić information content (AvgIpc) is 3.35. The van der Waals surface area contributed by atoms with E-state index in [0.717, 1.165) is 25.7 Å². The number of halogens is 3. The monoisotopic (exact) mass is 497 g/mol. The number of carbonyl (C=O) groups is 3. The number of anilines is 1. The predicted octanol–water partition coefficient (Wildman–Crippen LogP) is 3.26. The lowest BCUT2D eigenvalue weighted by Crippen LogP contribution is -2.54. The smallest absolute Gasteiger partial charge is 0.405 e. The summed E-state index contributed by atoms with van der Waals surface area (Å²) in [7, 11) is 1.67. The van der Waals surface area contributed by atoms with E-state index in [-0.39, 0.29) is 36.8 Å². The molecule has 8 nitrogen and oxygen atoms in total. The highest BCUT2D eigenvalue weighted by Crippen LogP contribution is 2.33. The van der Waals surface area contributed by atoms with Gasteiger partial charge < -0.3 is 25.0 Å². The molecule has 3 atom stereocenters. The summed E-state index contributed by atoms with van der Waals surface area (Å²) in [5, 5.41) is 4.77. The quantitative estimate of drug-likeness (QED) is 0.651. The third-order valence-electron chi connectivity index (χ3n) is 6.90. The number of carbonyl (C=O) groups excluding carboxylic acids is 3. The molecule has 11 heteroatoms. The number of hydrogen-bond donors (Lipinski definition) is 2. The van der Waals surface area contributed by atoms with Crippen LogP contribution in [0.25, 0.3) is 0 Å². The second-order valence-electron chi connectivity index (χ2n) is 9.45. The minimum absolute atomic E-state index is 0.00438. The Hall–Kier alpha value is -2.82. The summed E-state index contributed by atoms with van der Waals surface area (Å²) in [4.78, 5) is 39.3. The molecule has 1 aromatic carbocycles. The maximum atomic E-state index is 13.3. The first-order valence-electron chi connectivity index (χ1n) is 11.9. The van der Waals surface area contributed by atoms with Gasteiger partial charge in [-0.3, -0.25) is 14.4 Å². The molecule has 4 rings (SSSR count). The zero-order valence-electron chi connectivity index (χ0n) is 19.5. The molecule has 1 aromatic rings. The zero-order chi connectivity index (χ0) is 25.2. The fourth-order valence-corrected chi connectivity index (χ4v) is 5.02. The molecule has 0 radical (unpaired) electrons. The number of alkyl halides is 3. The highest BCUT2D eigenvalue weighted by atomic mass is 19.4. The summed E-state index contributed by atoms with van der Waals surface area (Å²) in [5.74, 6) is -0.708. The Labute approximate surface area is 201 Å². The number of likely N-dealkylation sites (N-methyl/N-ethyl adjacent to an activating group) is 1. The minimum Gasteiger partial charge on any atom is -0.490 e. The van der Waals surface area contributed by atoms with Gasteiger partial charge in [-0.15, -0.1) is 0 Å². The molecule has 1 aliphatic carbocycles. The van der Waals surface area contributed by atoms with E-state index in [9.17, 15) is 27.6 Å². The van der Waals surface area contributed by atoms with Crippen molar-refractivity contribution in [1.29, 1.82) is 0 Å². The highest BCUT2D eigenvalue weighted by Gasteiger charge is 2.39. The Morgan fingerprint density at radius 3 is 2.60 bits per heavy atom. The van der Waals surface area contributed by atoms with Crippen LogP contribution in [-0.4, -0.2) is 67.2 Å². The lowest BCUT2D eigenvalue weighted by molar-refractivity contribution is -0.144. The van der Waals surface area contributed by atoms with Crippen molar-refractivity contribution in [3.63, 3.8) is 0 Å². The molecule has 0 unspecified atom stereocenters. The normalized spacial score (nSPS) is 25.1. The van der Waals surface area contributed by atoms with Gasteiger partial charge in [0.25, 0.3) is 5.91 Å². The van der Waals surface area contributed by atoms with E-state index < -0.39 is 30.8 Å². The predicted molar refractivity (Wildman–Crippen MR) is 120 cm³/mol. The van der Waals surface area contributed by atoms with Crippen molar-refractivity contribution in [2.24, 2.45) is 5.92 Å². The van der Waals surface area contributed by atoms with Gasteiger partial charge in [0, 0.05) is 18.7 Å². The fraction of sp³-hybridized carbons (Fsp3) is 0.625. The Morgan fingerprint density at radius 1 is 1.14 bits per heavy atom. The molecule has 3 amide bonds. The van der Waals surface area contributed by atoms with Crippen LogP contribution in [0.1, 0.15) is 55.3 Å². The molecule has 2 aliphatic heterocycles. The number of nitrogens with one attached hydrogen (secondary N) is 2. The highest BCUT2D eigenvalue weighted by molar-refractivity contribution is 6.00. The van der Waals surface area contributed by atoms with Crippen LogP contribution in [0.15, 0.2) is 18.2 Å². The summed E-state index contributed by atoms with van der Waals surface area (Å²) in [5.41, 5.74) is 0.872. The Bertz CT molecular complexity index is 964. The van der Waals surface area contributed by atoms with Gasteiger partial charge in [-0.2, -0.15) is 13.2 Å². The van der Waals surface area contributed by atoms with Crippen LogP contribution in [-0.2, 0) is 14.3 Å². The van der Waals surface area contributed by atoms with E-state index in [2.05, 4.69) is 5.32 Å². The number of rotatable bonds is 5. The van der Waals surface area contributed by atoms with Crippen LogP contribution >= 0.6 is 0 Å². The minimum atomic E-state index is -4.48. The second kappa shape index (κ2) is 10.4. The lowest BCUT2D eigenvalue weighted by atomic mass is 9.94. The third kappa shape index (κ3) is 6.25. The summed E-state index contributed by atoms with van der Waals surface area (Å²) < 4.78 is 48.9. The maximum absolute atomic E-state index is 13.3. The van der Waals surface area contributed by atoms with Crippen LogP contribution in [0, 0.1) is 5.92 Å². The average molecular weight is 498 g/mol. The van der Waals surface area contributed by atoms with Gasteiger partial charge in [0.2, 0.25) is 11.8 Å². The Kier molecular flexibility index (Phi) is 7.53.